The summed E-state index contributed by atoms with van der Waals surface area (Å²) in [5.74, 6) is 2.51. The lowest BCUT2D eigenvalue weighted by Gasteiger charge is -2.32. The Hall–Kier alpha value is -2.38. The van der Waals surface area contributed by atoms with E-state index < -0.39 is 0 Å². The van der Waals surface area contributed by atoms with E-state index in [1.165, 1.54) is 0 Å². The van der Waals surface area contributed by atoms with Gasteiger partial charge in [-0.1, -0.05) is 6.92 Å². The van der Waals surface area contributed by atoms with Crippen LogP contribution >= 0.6 is 0 Å². The normalized spacial score (nSPS) is 17.7. The number of aromatic nitrogens is 5. The van der Waals surface area contributed by atoms with Gasteiger partial charge in [-0.25, -0.2) is 9.78 Å². The summed E-state index contributed by atoms with van der Waals surface area (Å²) in [7, 11) is 2.02. The number of carbonyl (C=O) groups excluding carboxylic acids is 1. The average Bonchev–Trinajstić information content (AvgIpc) is 3.24. The standard InChI is InChI=1S/C17H27N7O/c1-3-15-21-20-13-24(15)10-7-19-17(25)23-8-4-5-14(12-23)11-16-18-6-9-22(16)2/h6,9,13-14H,3-5,7-8,10-12H2,1-2H3,(H,19,25)/t14-/m0/s1. The van der Waals surface area contributed by atoms with Crippen molar-refractivity contribution in [1.82, 2.24) is 34.5 Å². The molecule has 0 unspecified atom stereocenters. The quantitative estimate of drug-likeness (QED) is 0.854. The predicted molar refractivity (Wildman–Crippen MR) is 94.0 cm³/mol. The Balaban J connectivity index is 1.46. The van der Waals surface area contributed by atoms with Gasteiger partial charge in [-0.15, -0.1) is 10.2 Å². The summed E-state index contributed by atoms with van der Waals surface area (Å²) in [6.07, 6.45) is 9.49. The number of hydrogen-bond acceptors (Lipinski definition) is 4. The fourth-order valence-electron chi connectivity index (χ4n) is 3.40. The largest absolute Gasteiger partial charge is 0.338 e. The minimum Gasteiger partial charge on any atom is -0.338 e. The molecule has 0 saturated carbocycles. The van der Waals surface area contributed by atoms with Crippen molar-refractivity contribution in [1.29, 1.82) is 0 Å². The SMILES string of the molecule is CCc1nncn1CCNC(=O)N1CCC[C@@H](Cc2nccn2C)C1. The molecule has 1 aliphatic rings. The highest BCUT2D eigenvalue weighted by atomic mass is 16.2. The Morgan fingerprint density at radius 2 is 2.28 bits per heavy atom. The first-order valence-electron chi connectivity index (χ1n) is 9.03. The van der Waals surface area contributed by atoms with Gasteiger partial charge >= 0.3 is 6.03 Å². The number of carbonyl (C=O) groups is 1. The summed E-state index contributed by atoms with van der Waals surface area (Å²) in [6, 6.07) is 0.0238. The van der Waals surface area contributed by atoms with E-state index in [1.54, 1.807) is 6.33 Å². The van der Waals surface area contributed by atoms with Gasteiger partial charge in [0.15, 0.2) is 0 Å². The van der Waals surface area contributed by atoms with Gasteiger partial charge < -0.3 is 19.4 Å². The van der Waals surface area contributed by atoms with E-state index >= 15 is 0 Å². The fourth-order valence-corrected chi connectivity index (χ4v) is 3.40. The average molecular weight is 345 g/mol. The zero-order valence-electron chi connectivity index (χ0n) is 15.1. The van der Waals surface area contributed by atoms with Crippen LogP contribution in [0.4, 0.5) is 4.79 Å². The molecule has 136 valence electrons. The lowest BCUT2D eigenvalue weighted by atomic mass is 9.94. The molecule has 2 amide bonds. The molecule has 25 heavy (non-hydrogen) atoms. The number of nitrogens with zero attached hydrogens (tertiary/aromatic N) is 6. The van der Waals surface area contributed by atoms with Gasteiger partial charge in [-0.3, -0.25) is 0 Å². The van der Waals surface area contributed by atoms with Crippen molar-refractivity contribution >= 4 is 6.03 Å². The number of hydrogen-bond donors (Lipinski definition) is 1. The number of likely N-dealkylation sites (tertiary alicyclic amines) is 1. The Bertz CT molecular complexity index is 693. The van der Waals surface area contributed by atoms with E-state index in [9.17, 15) is 4.79 Å². The summed E-state index contributed by atoms with van der Waals surface area (Å²) < 4.78 is 4.05. The third kappa shape index (κ3) is 4.37. The summed E-state index contributed by atoms with van der Waals surface area (Å²) in [5.41, 5.74) is 0. The van der Waals surface area contributed by atoms with Crippen LogP contribution in [0.1, 0.15) is 31.4 Å². The first kappa shape index (κ1) is 17.4. The fraction of sp³-hybridized carbons (Fsp3) is 0.647. The van der Waals surface area contributed by atoms with Gasteiger partial charge in [0.05, 0.1) is 0 Å². The highest BCUT2D eigenvalue weighted by Crippen LogP contribution is 2.20. The van der Waals surface area contributed by atoms with Crippen LogP contribution in [-0.4, -0.2) is 54.9 Å². The van der Waals surface area contributed by atoms with Crippen LogP contribution in [0.2, 0.25) is 0 Å². The number of aryl methyl sites for hydroxylation is 2. The number of amides is 2. The maximum absolute atomic E-state index is 12.4. The first-order valence-corrected chi connectivity index (χ1v) is 9.03. The molecule has 1 fully saturated rings. The Labute approximate surface area is 148 Å². The second-order valence-corrected chi connectivity index (χ2v) is 6.64. The molecule has 0 bridgehead atoms. The number of urea groups is 1. The molecule has 0 spiro atoms. The Kier molecular flexibility index (Phi) is 5.67. The number of piperidine rings is 1. The molecule has 1 saturated heterocycles. The minimum atomic E-state index is 0.0238. The first-order chi connectivity index (χ1) is 12.2. The molecule has 0 aliphatic carbocycles. The van der Waals surface area contributed by atoms with Crippen molar-refractivity contribution in [3.63, 3.8) is 0 Å². The molecule has 1 N–H and O–H groups in total. The lowest BCUT2D eigenvalue weighted by molar-refractivity contribution is 0.164. The maximum atomic E-state index is 12.4. The topological polar surface area (TPSA) is 80.9 Å². The third-order valence-electron chi connectivity index (χ3n) is 4.84. The number of nitrogens with one attached hydrogen (secondary N) is 1. The molecular formula is C17H27N7O. The molecule has 2 aromatic rings. The predicted octanol–water partition coefficient (Wildman–Crippen LogP) is 1.24. The van der Waals surface area contributed by atoms with Crippen LogP contribution in [0.15, 0.2) is 18.7 Å². The van der Waals surface area contributed by atoms with Crippen molar-refractivity contribution in [2.45, 2.75) is 39.2 Å². The van der Waals surface area contributed by atoms with E-state index in [0.717, 1.165) is 50.4 Å². The molecule has 1 aliphatic heterocycles. The van der Waals surface area contributed by atoms with Gasteiger partial charge in [0, 0.05) is 58.5 Å². The summed E-state index contributed by atoms with van der Waals surface area (Å²) in [6.45, 7) is 4.96. The van der Waals surface area contributed by atoms with Gasteiger partial charge in [0.1, 0.15) is 18.0 Å². The molecule has 0 aromatic carbocycles. The van der Waals surface area contributed by atoms with Crippen molar-refractivity contribution in [2.24, 2.45) is 13.0 Å². The second kappa shape index (κ2) is 8.13. The van der Waals surface area contributed by atoms with Crippen molar-refractivity contribution in [3.8, 4) is 0 Å². The molecule has 3 rings (SSSR count). The molecule has 8 nitrogen and oxygen atoms in total. The second-order valence-electron chi connectivity index (χ2n) is 6.64. The monoisotopic (exact) mass is 345 g/mol. The van der Waals surface area contributed by atoms with Crippen molar-refractivity contribution in [3.05, 3.63) is 30.4 Å². The molecule has 0 radical (unpaired) electrons. The van der Waals surface area contributed by atoms with Gasteiger partial charge in [-0.2, -0.15) is 0 Å². The van der Waals surface area contributed by atoms with Crippen LogP contribution in [0, 0.1) is 5.92 Å². The third-order valence-corrected chi connectivity index (χ3v) is 4.84. The summed E-state index contributed by atoms with van der Waals surface area (Å²) in [4.78, 5) is 18.8. The lowest BCUT2D eigenvalue weighted by Crippen LogP contribution is -2.46. The molecule has 2 aromatic heterocycles. The highest BCUT2D eigenvalue weighted by Gasteiger charge is 2.24. The number of imidazole rings is 1. The van der Waals surface area contributed by atoms with E-state index in [1.807, 2.05) is 28.9 Å². The molecular weight excluding hydrogens is 318 g/mol. The Morgan fingerprint density at radius 1 is 1.40 bits per heavy atom. The van der Waals surface area contributed by atoms with E-state index in [0.29, 0.717) is 19.0 Å². The molecule has 3 heterocycles. The highest BCUT2D eigenvalue weighted by molar-refractivity contribution is 5.74. The minimum absolute atomic E-state index is 0.0238. The van der Waals surface area contributed by atoms with Gasteiger partial charge in [0.25, 0.3) is 0 Å². The van der Waals surface area contributed by atoms with E-state index in [4.69, 9.17) is 0 Å². The zero-order chi connectivity index (χ0) is 17.6. The number of rotatable bonds is 6. The van der Waals surface area contributed by atoms with E-state index in [2.05, 4.69) is 32.0 Å². The van der Waals surface area contributed by atoms with Crippen LogP contribution < -0.4 is 5.32 Å². The van der Waals surface area contributed by atoms with Crippen LogP contribution in [0.3, 0.4) is 0 Å². The molecule has 8 heteroatoms. The van der Waals surface area contributed by atoms with Crippen LogP contribution in [0.5, 0.6) is 0 Å². The molecule has 1 atom stereocenters. The van der Waals surface area contributed by atoms with E-state index in [-0.39, 0.29) is 6.03 Å². The van der Waals surface area contributed by atoms with Crippen molar-refractivity contribution < 1.29 is 4.79 Å². The maximum Gasteiger partial charge on any atom is 0.317 e. The van der Waals surface area contributed by atoms with Crippen molar-refractivity contribution in [2.75, 3.05) is 19.6 Å². The van der Waals surface area contributed by atoms with Gasteiger partial charge in [-0.05, 0) is 18.8 Å². The summed E-state index contributed by atoms with van der Waals surface area (Å²) >= 11 is 0. The summed E-state index contributed by atoms with van der Waals surface area (Å²) in [5, 5.41) is 11.0. The Morgan fingerprint density at radius 3 is 3.04 bits per heavy atom. The zero-order valence-corrected chi connectivity index (χ0v) is 15.1. The van der Waals surface area contributed by atoms with Gasteiger partial charge in [0.2, 0.25) is 0 Å². The smallest absolute Gasteiger partial charge is 0.317 e. The van der Waals surface area contributed by atoms with Crippen LogP contribution in [0.25, 0.3) is 0 Å². The van der Waals surface area contributed by atoms with Crippen LogP contribution in [-0.2, 0) is 26.4 Å².